The molecule has 8 heavy (non-hydrogen) atoms. The Morgan fingerprint density at radius 2 is 2.12 bits per heavy atom. The van der Waals surface area contributed by atoms with Crippen molar-refractivity contribution < 1.29 is 23.7 Å². The van der Waals surface area contributed by atoms with Crippen molar-refractivity contribution in [2.45, 2.75) is 0 Å². The van der Waals surface area contributed by atoms with Crippen molar-refractivity contribution in [3.63, 3.8) is 0 Å². The van der Waals surface area contributed by atoms with Gasteiger partial charge in [-0.15, -0.1) is 0 Å². The van der Waals surface area contributed by atoms with Crippen LogP contribution < -0.4 is 5.90 Å². The fourth-order valence-electron chi connectivity index (χ4n) is 0.171. The first kappa shape index (κ1) is 7.83. The molecule has 5 nitrogen and oxygen atoms in total. The smallest absolute Gasteiger partial charge is 0.316 e. The number of rotatable bonds is 3. The number of aliphatic hydroxyl groups excluding tert-OH is 1. The summed E-state index contributed by atoms with van der Waals surface area (Å²) in [7, 11) is -3.53. The maximum Gasteiger partial charge on any atom is 0.316 e. The number of quaternary nitrogens is 1. The second kappa shape index (κ2) is 2.98. The van der Waals surface area contributed by atoms with E-state index in [1.54, 1.807) is 0 Å². The molecule has 0 bridgehead atoms. The molecule has 0 saturated heterocycles. The zero-order valence-corrected chi connectivity index (χ0v) is 5.02. The third-order valence-electron chi connectivity index (χ3n) is 0.521. The van der Waals surface area contributed by atoms with Crippen molar-refractivity contribution in [1.82, 2.24) is 0 Å². The van der Waals surface area contributed by atoms with Crippen LogP contribution in [-0.4, -0.2) is 25.9 Å². The van der Waals surface area contributed by atoms with Crippen molar-refractivity contribution in [2.24, 2.45) is 0 Å². The molecule has 0 unspecified atom stereocenters. The van der Waals surface area contributed by atoms with E-state index in [0.29, 0.717) is 0 Å². The molecule has 0 atom stereocenters. The predicted molar refractivity (Wildman–Crippen MR) is 24.8 cm³/mol. The topological polar surface area (TPSA) is 91.2 Å². The normalized spacial score (nSPS) is 11.8. The first-order chi connectivity index (χ1) is 3.62. The monoisotopic (exact) mass is 142 g/mol. The van der Waals surface area contributed by atoms with Crippen molar-refractivity contribution in [1.29, 1.82) is 0 Å². The lowest BCUT2D eigenvalue weighted by Crippen LogP contribution is -2.51. The number of hydrogen-bond acceptors (Lipinski definition) is 4. The van der Waals surface area contributed by atoms with E-state index in [4.69, 9.17) is 5.11 Å². The number of hydrogen-bond donors (Lipinski definition) is 2. The summed E-state index contributed by atoms with van der Waals surface area (Å²) in [5, 5.41) is 8.05. The van der Waals surface area contributed by atoms with E-state index in [-0.39, 0.29) is 0 Å². The fraction of sp³-hybridized carbons (Fsp3) is 1.00. The van der Waals surface area contributed by atoms with Gasteiger partial charge >= 0.3 is 10.1 Å². The molecule has 0 rings (SSSR count). The Morgan fingerprint density at radius 3 is 2.25 bits per heavy atom. The van der Waals surface area contributed by atoms with Crippen LogP contribution in [0.3, 0.4) is 0 Å². The maximum atomic E-state index is 10.2. The van der Waals surface area contributed by atoms with Crippen LogP contribution in [0.5, 0.6) is 0 Å². The third-order valence-corrected chi connectivity index (χ3v) is 1.56. The highest BCUT2D eigenvalue weighted by Gasteiger charge is 2.08. The quantitative estimate of drug-likeness (QED) is 0.425. The van der Waals surface area contributed by atoms with Gasteiger partial charge in [0, 0.05) is 0 Å². The van der Waals surface area contributed by atoms with E-state index >= 15 is 0 Å². The molecule has 0 radical (unpaired) electrons. The van der Waals surface area contributed by atoms with Gasteiger partial charge in [-0.2, -0.15) is 14.3 Å². The van der Waals surface area contributed by atoms with Gasteiger partial charge in [-0.05, 0) is 0 Å². The summed E-state index contributed by atoms with van der Waals surface area (Å²) >= 11 is 0. The first-order valence-corrected chi connectivity index (χ1v) is 3.47. The van der Waals surface area contributed by atoms with E-state index in [9.17, 15) is 8.42 Å². The zero-order chi connectivity index (χ0) is 6.62. The van der Waals surface area contributed by atoms with Crippen LogP contribution in [-0.2, 0) is 14.4 Å². The van der Waals surface area contributed by atoms with E-state index in [2.05, 4.69) is 10.2 Å². The van der Waals surface area contributed by atoms with Crippen LogP contribution in [0, 0.1) is 0 Å². The molecule has 0 aromatic heterocycles. The average molecular weight is 142 g/mol. The Balaban J connectivity index is 3.76. The zero-order valence-electron chi connectivity index (χ0n) is 4.20. The Hall–Kier alpha value is -0.170. The van der Waals surface area contributed by atoms with Crippen molar-refractivity contribution >= 4 is 10.1 Å². The highest BCUT2D eigenvalue weighted by Crippen LogP contribution is 1.82. The van der Waals surface area contributed by atoms with Crippen molar-refractivity contribution in [2.75, 3.05) is 12.4 Å². The largest absolute Gasteiger partial charge is 0.395 e. The molecular weight excluding hydrogens is 134 g/mol. The third kappa shape index (κ3) is 2.92. The van der Waals surface area contributed by atoms with Gasteiger partial charge in [-0.1, -0.05) is 4.28 Å². The van der Waals surface area contributed by atoms with Crippen LogP contribution in [0.15, 0.2) is 0 Å². The lowest BCUT2D eigenvalue weighted by atomic mass is 10.9. The second-order valence-electron chi connectivity index (χ2n) is 1.10. The molecule has 0 aliphatic carbocycles. The highest BCUT2D eigenvalue weighted by atomic mass is 32.2. The Labute approximate surface area is 47.1 Å². The molecular formula is C2H8NO4S+. The molecule has 0 amide bonds. The minimum absolute atomic E-state index is 0.392. The van der Waals surface area contributed by atoms with Gasteiger partial charge in [0.1, 0.15) is 5.75 Å². The van der Waals surface area contributed by atoms with Gasteiger partial charge in [0.25, 0.3) is 0 Å². The van der Waals surface area contributed by atoms with Crippen LogP contribution in [0.2, 0.25) is 0 Å². The van der Waals surface area contributed by atoms with Gasteiger partial charge in [0.05, 0.1) is 6.61 Å². The second-order valence-corrected chi connectivity index (χ2v) is 2.86. The van der Waals surface area contributed by atoms with Gasteiger partial charge in [-0.3, -0.25) is 0 Å². The minimum atomic E-state index is -3.53. The Morgan fingerprint density at radius 1 is 1.62 bits per heavy atom. The SMILES string of the molecule is [NH3+]OS(=O)(=O)CCO. The Kier molecular flexibility index (Phi) is 2.91. The molecule has 0 aromatic carbocycles. The summed E-state index contributed by atoms with van der Waals surface area (Å²) in [6.45, 7) is -0.433. The minimum Gasteiger partial charge on any atom is -0.395 e. The summed E-state index contributed by atoms with van der Waals surface area (Å²) < 4.78 is 24.0. The molecule has 50 valence electrons. The molecule has 0 spiro atoms. The molecule has 6 heteroatoms. The summed E-state index contributed by atoms with van der Waals surface area (Å²) in [5.74, 6) is 2.28. The standard InChI is InChI=1S/C2H8NO4S/c3-7-8(5,6)2-1-4/h4H,1-2H2,3H3/q+1. The maximum absolute atomic E-state index is 10.2. The predicted octanol–water partition coefficient (Wildman–Crippen LogP) is -2.52. The van der Waals surface area contributed by atoms with E-state index in [1.807, 2.05) is 0 Å². The molecule has 4 N–H and O–H groups in total. The molecule has 0 aliphatic rings. The van der Waals surface area contributed by atoms with E-state index in [1.165, 1.54) is 0 Å². The molecule has 0 aromatic rings. The summed E-state index contributed by atoms with van der Waals surface area (Å²) in [6.07, 6.45) is 0. The highest BCUT2D eigenvalue weighted by molar-refractivity contribution is 7.86. The summed E-state index contributed by atoms with van der Waals surface area (Å²) in [6, 6.07) is 0. The average Bonchev–Trinajstić information content (AvgIpc) is 1.67. The van der Waals surface area contributed by atoms with Crippen LogP contribution in [0.25, 0.3) is 0 Å². The molecule has 0 heterocycles. The van der Waals surface area contributed by atoms with E-state index < -0.39 is 22.5 Å². The lowest BCUT2D eigenvalue weighted by Gasteiger charge is -1.90. The molecule has 0 saturated carbocycles. The van der Waals surface area contributed by atoms with Gasteiger partial charge < -0.3 is 5.11 Å². The summed E-state index contributed by atoms with van der Waals surface area (Å²) in [4.78, 5) is 0. The van der Waals surface area contributed by atoms with Gasteiger partial charge in [-0.25, -0.2) is 0 Å². The molecule has 0 aliphatic heterocycles. The van der Waals surface area contributed by atoms with Gasteiger partial charge in [0.15, 0.2) is 0 Å². The first-order valence-electron chi connectivity index (χ1n) is 1.89. The molecule has 0 fully saturated rings. The van der Waals surface area contributed by atoms with Gasteiger partial charge in [0.2, 0.25) is 0 Å². The summed E-state index contributed by atoms with van der Waals surface area (Å²) in [5.41, 5.74) is 0. The van der Waals surface area contributed by atoms with Crippen molar-refractivity contribution in [3.8, 4) is 0 Å². The van der Waals surface area contributed by atoms with Crippen LogP contribution in [0.1, 0.15) is 0 Å². The van der Waals surface area contributed by atoms with Crippen molar-refractivity contribution in [3.05, 3.63) is 0 Å². The fourth-order valence-corrected chi connectivity index (χ4v) is 0.512. The van der Waals surface area contributed by atoms with Crippen LogP contribution in [0.4, 0.5) is 0 Å². The Bertz CT molecular complexity index is 138. The number of aliphatic hydroxyl groups is 1. The lowest BCUT2D eigenvalue weighted by molar-refractivity contribution is -0.634. The van der Waals surface area contributed by atoms with Crippen LogP contribution >= 0.6 is 0 Å². The van der Waals surface area contributed by atoms with E-state index in [0.717, 1.165) is 0 Å².